The summed E-state index contributed by atoms with van der Waals surface area (Å²) in [6, 6.07) is 8.20. The molecule has 0 fully saturated rings. The predicted molar refractivity (Wildman–Crippen MR) is 74.6 cm³/mol. The second kappa shape index (κ2) is 4.68. The summed E-state index contributed by atoms with van der Waals surface area (Å²) >= 11 is 2.40. The van der Waals surface area contributed by atoms with Crippen molar-refractivity contribution >= 4 is 28.7 Å². The van der Waals surface area contributed by atoms with Gasteiger partial charge in [0.15, 0.2) is 0 Å². The first-order chi connectivity index (χ1) is 7.27. The Morgan fingerprint density at radius 2 is 1.75 bits per heavy atom. The van der Waals surface area contributed by atoms with Gasteiger partial charge in [-0.15, -0.1) is 0 Å². The normalized spacial score (nSPS) is 12.1. The zero-order valence-electron chi connectivity index (χ0n) is 10.0. The molecule has 1 aromatic rings. The molecule has 0 amide bonds. The Kier molecular flexibility index (Phi) is 3.92. The number of isocyanates is 1. The maximum absolute atomic E-state index is 10.4. The van der Waals surface area contributed by atoms with Crippen molar-refractivity contribution in [3.05, 3.63) is 35.4 Å². The van der Waals surface area contributed by atoms with Crippen molar-refractivity contribution in [2.45, 2.75) is 36.7 Å². The maximum atomic E-state index is 10.4. The summed E-state index contributed by atoms with van der Waals surface area (Å²) in [7, 11) is 0. The van der Waals surface area contributed by atoms with Crippen molar-refractivity contribution in [2.75, 3.05) is 0 Å². The molecule has 0 radical (unpaired) electrons. The van der Waals surface area contributed by atoms with Gasteiger partial charge in [-0.3, -0.25) is 0 Å². The largest absolute Gasteiger partial charge is 0.235 e. The molecule has 86 valence electrons. The summed E-state index contributed by atoms with van der Waals surface area (Å²) in [4.78, 5) is 14.2. The van der Waals surface area contributed by atoms with E-state index in [1.54, 1.807) is 6.08 Å². The van der Waals surface area contributed by atoms with Crippen LogP contribution in [-0.4, -0.2) is 6.08 Å². The molecular formula is C13H16INO. The van der Waals surface area contributed by atoms with Crippen molar-refractivity contribution in [3.8, 4) is 0 Å². The summed E-state index contributed by atoms with van der Waals surface area (Å²) in [6.45, 7) is 8.14. The minimum atomic E-state index is -0.500. The minimum Gasteiger partial charge on any atom is -0.211 e. The van der Waals surface area contributed by atoms with Gasteiger partial charge in [0, 0.05) is 3.42 Å². The molecule has 0 saturated carbocycles. The zero-order valence-corrected chi connectivity index (χ0v) is 12.2. The second-order valence-corrected chi connectivity index (χ2v) is 7.51. The van der Waals surface area contributed by atoms with Gasteiger partial charge in [0.1, 0.15) is 0 Å². The monoisotopic (exact) mass is 329 g/mol. The maximum Gasteiger partial charge on any atom is 0.235 e. The number of hydrogen-bond acceptors (Lipinski definition) is 2. The smallest absolute Gasteiger partial charge is 0.211 e. The van der Waals surface area contributed by atoms with Crippen LogP contribution in [0.15, 0.2) is 29.3 Å². The highest BCUT2D eigenvalue weighted by molar-refractivity contribution is 14.1. The molecule has 3 heteroatoms. The Labute approximate surface area is 110 Å². The lowest BCUT2D eigenvalue weighted by atomic mass is 9.91. The lowest BCUT2D eigenvalue weighted by Crippen LogP contribution is -2.15. The van der Waals surface area contributed by atoms with Crippen molar-refractivity contribution in [3.63, 3.8) is 0 Å². The zero-order chi connectivity index (χ0) is 12.4. The van der Waals surface area contributed by atoms with E-state index in [9.17, 15) is 4.79 Å². The number of hydrogen-bond donors (Lipinski definition) is 0. The van der Waals surface area contributed by atoms with E-state index in [1.807, 2.05) is 26.0 Å². The van der Waals surface area contributed by atoms with Crippen LogP contribution in [0.25, 0.3) is 0 Å². The van der Waals surface area contributed by atoms with Gasteiger partial charge in [-0.05, 0) is 38.8 Å². The van der Waals surface area contributed by atoms with Gasteiger partial charge in [0.2, 0.25) is 6.08 Å². The third-order valence-electron chi connectivity index (χ3n) is 2.58. The molecule has 0 aliphatic heterocycles. The second-order valence-electron chi connectivity index (χ2n) is 4.82. The molecule has 0 aliphatic carbocycles. The van der Waals surface area contributed by atoms with Gasteiger partial charge in [0.25, 0.3) is 0 Å². The van der Waals surface area contributed by atoms with E-state index < -0.39 is 5.54 Å². The lowest BCUT2D eigenvalue weighted by Gasteiger charge is -2.22. The standard InChI is InChI=1S/C13H16INO/c1-12(2,14)10-6-5-7-11(8-10)13(3,4)15-9-16/h5-8H,1-4H3. The molecule has 0 aromatic heterocycles. The Morgan fingerprint density at radius 3 is 2.25 bits per heavy atom. The number of carbonyl (C=O) groups excluding carboxylic acids is 1. The summed E-state index contributed by atoms with van der Waals surface area (Å²) in [6.07, 6.45) is 1.64. The summed E-state index contributed by atoms with van der Waals surface area (Å²) in [5.41, 5.74) is 1.78. The fourth-order valence-electron chi connectivity index (χ4n) is 1.45. The fourth-order valence-corrected chi connectivity index (χ4v) is 1.78. The lowest BCUT2D eigenvalue weighted by molar-refractivity contribution is 0.522. The molecule has 0 saturated heterocycles. The van der Waals surface area contributed by atoms with Gasteiger partial charge in [0.05, 0.1) is 5.54 Å². The van der Waals surface area contributed by atoms with Crippen molar-refractivity contribution in [1.82, 2.24) is 0 Å². The Morgan fingerprint density at radius 1 is 1.19 bits per heavy atom. The van der Waals surface area contributed by atoms with Gasteiger partial charge in [-0.1, -0.05) is 46.9 Å². The van der Waals surface area contributed by atoms with Crippen molar-refractivity contribution in [1.29, 1.82) is 0 Å². The van der Waals surface area contributed by atoms with E-state index in [1.165, 1.54) is 5.56 Å². The Balaban J connectivity index is 3.23. The van der Waals surface area contributed by atoms with Crippen LogP contribution in [0.1, 0.15) is 38.8 Å². The number of rotatable bonds is 3. The molecular weight excluding hydrogens is 313 g/mol. The number of benzene rings is 1. The van der Waals surface area contributed by atoms with E-state index in [0.717, 1.165) is 5.56 Å². The highest BCUT2D eigenvalue weighted by Crippen LogP contribution is 2.33. The van der Waals surface area contributed by atoms with E-state index in [4.69, 9.17) is 0 Å². The first-order valence-corrected chi connectivity index (χ1v) is 6.24. The van der Waals surface area contributed by atoms with Gasteiger partial charge in [-0.2, -0.15) is 4.99 Å². The van der Waals surface area contributed by atoms with E-state index >= 15 is 0 Å². The van der Waals surface area contributed by atoms with Gasteiger partial charge in [-0.25, -0.2) is 4.79 Å². The van der Waals surface area contributed by atoms with Crippen LogP contribution in [0.3, 0.4) is 0 Å². The summed E-state index contributed by atoms with van der Waals surface area (Å²) in [5.74, 6) is 0. The Bertz CT molecular complexity index is 426. The highest BCUT2D eigenvalue weighted by Gasteiger charge is 2.22. The molecule has 0 unspecified atom stereocenters. The van der Waals surface area contributed by atoms with Crippen LogP contribution < -0.4 is 0 Å². The SMILES string of the molecule is CC(C)(I)c1cccc(C(C)(C)N=C=O)c1. The molecule has 0 spiro atoms. The van der Waals surface area contributed by atoms with Crippen LogP contribution in [0.5, 0.6) is 0 Å². The molecule has 0 bridgehead atoms. The molecule has 16 heavy (non-hydrogen) atoms. The number of halogens is 1. The minimum absolute atomic E-state index is 0.0781. The molecule has 2 nitrogen and oxygen atoms in total. The van der Waals surface area contributed by atoms with E-state index in [0.29, 0.717) is 0 Å². The van der Waals surface area contributed by atoms with Crippen molar-refractivity contribution < 1.29 is 4.79 Å². The number of alkyl halides is 1. The third-order valence-corrected chi connectivity index (χ3v) is 3.20. The Hall–Kier alpha value is -0.670. The van der Waals surface area contributed by atoms with Crippen LogP contribution in [-0.2, 0) is 13.8 Å². The first kappa shape index (κ1) is 13.4. The molecule has 0 atom stereocenters. The highest BCUT2D eigenvalue weighted by atomic mass is 127. The fraction of sp³-hybridized carbons (Fsp3) is 0.462. The van der Waals surface area contributed by atoms with Gasteiger partial charge < -0.3 is 0 Å². The topological polar surface area (TPSA) is 29.4 Å². The van der Waals surface area contributed by atoms with E-state index in [2.05, 4.69) is 53.6 Å². The number of nitrogens with zero attached hydrogens (tertiary/aromatic N) is 1. The van der Waals surface area contributed by atoms with Crippen LogP contribution >= 0.6 is 22.6 Å². The van der Waals surface area contributed by atoms with E-state index in [-0.39, 0.29) is 3.42 Å². The summed E-state index contributed by atoms with van der Waals surface area (Å²) < 4.78 is 0.0781. The average Bonchev–Trinajstić information content (AvgIpc) is 2.16. The molecule has 0 N–H and O–H groups in total. The first-order valence-electron chi connectivity index (χ1n) is 5.16. The molecule has 1 aromatic carbocycles. The average molecular weight is 329 g/mol. The third kappa shape index (κ3) is 3.16. The van der Waals surface area contributed by atoms with Crippen LogP contribution in [0.4, 0.5) is 0 Å². The summed E-state index contributed by atoms with van der Waals surface area (Å²) in [5, 5.41) is 0. The predicted octanol–water partition coefficient (Wildman–Crippen LogP) is 3.93. The molecule has 1 rings (SSSR count). The van der Waals surface area contributed by atoms with Crippen LogP contribution in [0.2, 0.25) is 0 Å². The molecule has 0 heterocycles. The van der Waals surface area contributed by atoms with Crippen LogP contribution in [0, 0.1) is 0 Å². The quantitative estimate of drug-likeness (QED) is 0.358. The number of aliphatic imine (C=N–C) groups is 1. The van der Waals surface area contributed by atoms with Crippen molar-refractivity contribution in [2.24, 2.45) is 4.99 Å². The molecule has 0 aliphatic rings. The van der Waals surface area contributed by atoms with Gasteiger partial charge >= 0.3 is 0 Å².